The molecule has 0 amide bonds. The van der Waals surface area contributed by atoms with Crippen LogP contribution in [-0.2, 0) is 21.4 Å². The van der Waals surface area contributed by atoms with Crippen molar-refractivity contribution >= 4 is 27.0 Å². The second-order valence-electron chi connectivity index (χ2n) is 6.80. The first-order valence-corrected chi connectivity index (χ1v) is 10.8. The highest BCUT2D eigenvalue weighted by Gasteiger charge is 2.30. The monoisotopic (exact) mass is 415 g/mol. The first-order chi connectivity index (χ1) is 14.0. The van der Waals surface area contributed by atoms with Gasteiger partial charge < -0.3 is 13.9 Å². The van der Waals surface area contributed by atoms with Crippen molar-refractivity contribution < 1.29 is 27.1 Å². The molecular weight excluding hydrogens is 394 g/mol. The van der Waals surface area contributed by atoms with Crippen molar-refractivity contribution in [3.8, 4) is 5.75 Å². The van der Waals surface area contributed by atoms with Gasteiger partial charge in [-0.3, -0.25) is 0 Å². The van der Waals surface area contributed by atoms with Gasteiger partial charge in [-0.15, -0.1) is 0 Å². The number of esters is 1. The summed E-state index contributed by atoms with van der Waals surface area (Å²) in [5.74, 6) is 0.0784. The van der Waals surface area contributed by atoms with Crippen LogP contribution in [-0.4, -0.2) is 38.9 Å². The SMILES string of the molecule is COc1ccc(C(=O)OCc2cc3ccccc3o2)cc1S(=O)(=O)N1CCCC1. The Bertz CT molecular complexity index is 1110. The summed E-state index contributed by atoms with van der Waals surface area (Å²) in [6, 6.07) is 13.6. The van der Waals surface area contributed by atoms with Crippen LogP contribution in [0.5, 0.6) is 5.75 Å². The van der Waals surface area contributed by atoms with Crippen LogP contribution in [0.1, 0.15) is 29.0 Å². The number of furan rings is 1. The van der Waals surface area contributed by atoms with E-state index in [1.807, 2.05) is 24.3 Å². The van der Waals surface area contributed by atoms with Gasteiger partial charge in [-0.05, 0) is 43.2 Å². The van der Waals surface area contributed by atoms with Crippen LogP contribution >= 0.6 is 0 Å². The minimum atomic E-state index is -3.74. The molecule has 0 N–H and O–H groups in total. The third kappa shape index (κ3) is 3.86. The Balaban J connectivity index is 1.55. The van der Waals surface area contributed by atoms with Crippen molar-refractivity contribution in [3.05, 3.63) is 59.9 Å². The molecule has 1 fully saturated rings. The van der Waals surface area contributed by atoms with Gasteiger partial charge in [0.2, 0.25) is 10.0 Å². The van der Waals surface area contributed by atoms with E-state index in [0.29, 0.717) is 24.4 Å². The summed E-state index contributed by atoms with van der Waals surface area (Å²) in [6.07, 6.45) is 1.64. The summed E-state index contributed by atoms with van der Waals surface area (Å²) in [7, 11) is -2.34. The number of rotatable bonds is 6. The van der Waals surface area contributed by atoms with Crippen LogP contribution in [0.2, 0.25) is 0 Å². The summed E-state index contributed by atoms with van der Waals surface area (Å²) in [5, 5.41) is 0.919. The molecule has 0 bridgehead atoms. The minimum Gasteiger partial charge on any atom is -0.495 e. The number of carbonyl (C=O) groups excluding carboxylic acids is 1. The lowest BCUT2D eigenvalue weighted by molar-refractivity contribution is 0.0447. The molecule has 0 unspecified atom stereocenters. The predicted octanol–water partition coefficient (Wildman–Crippen LogP) is 3.58. The smallest absolute Gasteiger partial charge is 0.338 e. The van der Waals surface area contributed by atoms with Gasteiger partial charge in [-0.1, -0.05) is 18.2 Å². The maximum atomic E-state index is 12.9. The van der Waals surface area contributed by atoms with Gasteiger partial charge in [-0.2, -0.15) is 4.31 Å². The molecule has 0 aliphatic carbocycles. The molecule has 7 nitrogen and oxygen atoms in total. The number of benzene rings is 2. The Morgan fingerprint density at radius 2 is 1.86 bits per heavy atom. The first-order valence-electron chi connectivity index (χ1n) is 9.32. The third-order valence-electron chi connectivity index (χ3n) is 4.90. The van der Waals surface area contributed by atoms with Crippen molar-refractivity contribution in [3.63, 3.8) is 0 Å². The molecule has 0 saturated carbocycles. The normalized spacial score (nSPS) is 14.9. The van der Waals surface area contributed by atoms with E-state index in [1.165, 1.54) is 29.6 Å². The standard InChI is InChI=1S/C21H21NO6S/c1-26-19-9-8-16(13-20(19)29(24,25)22-10-4-5-11-22)21(23)27-14-17-12-15-6-2-3-7-18(15)28-17/h2-3,6-9,12-13H,4-5,10-11,14H2,1H3. The number of hydrogen-bond donors (Lipinski definition) is 0. The highest BCUT2D eigenvalue weighted by molar-refractivity contribution is 7.89. The summed E-state index contributed by atoms with van der Waals surface area (Å²) < 4.78 is 43.5. The van der Waals surface area contributed by atoms with Crippen LogP contribution < -0.4 is 4.74 Å². The zero-order chi connectivity index (χ0) is 20.4. The van der Waals surface area contributed by atoms with Crippen molar-refractivity contribution in [2.75, 3.05) is 20.2 Å². The highest BCUT2D eigenvalue weighted by Crippen LogP contribution is 2.30. The maximum absolute atomic E-state index is 12.9. The number of nitrogens with zero attached hydrogens (tertiary/aromatic N) is 1. The summed E-state index contributed by atoms with van der Waals surface area (Å²) in [5.41, 5.74) is 0.849. The average Bonchev–Trinajstić information content (AvgIpc) is 3.41. The van der Waals surface area contributed by atoms with Gasteiger partial charge in [-0.25, -0.2) is 13.2 Å². The summed E-state index contributed by atoms with van der Waals surface area (Å²) in [6.45, 7) is 0.881. The maximum Gasteiger partial charge on any atom is 0.338 e. The largest absolute Gasteiger partial charge is 0.495 e. The van der Waals surface area contributed by atoms with Crippen molar-refractivity contribution in [2.24, 2.45) is 0 Å². The number of sulfonamides is 1. The topological polar surface area (TPSA) is 86.0 Å². The van der Waals surface area contributed by atoms with Gasteiger partial charge in [0.1, 0.15) is 28.6 Å². The van der Waals surface area contributed by atoms with E-state index in [4.69, 9.17) is 13.9 Å². The summed E-state index contributed by atoms with van der Waals surface area (Å²) in [4.78, 5) is 12.5. The molecule has 29 heavy (non-hydrogen) atoms. The van der Waals surface area contributed by atoms with Crippen LogP contribution in [0.3, 0.4) is 0 Å². The number of para-hydroxylation sites is 1. The number of methoxy groups -OCH3 is 1. The van der Waals surface area contributed by atoms with E-state index >= 15 is 0 Å². The van der Waals surface area contributed by atoms with Crippen LogP contribution in [0, 0.1) is 0 Å². The van der Waals surface area contributed by atoms with E-state index in [-0.39, 0.29) is 22.8 Å². The van der Waals surface area contributed by atoms with Gasteiger partial charge in [0.25, 0.3) is 0 Å². The fraction of sp³-hybridized carbons (Fsp3) is 0.286. The first kappa shape index (κ1) is 19.5. The van der Waals surface area contributed by atoms with Crippen molar-refractivity contribution in [1.29, 1.82) is 0 Å². The third-order valence-corrected chi connectivity index (χ3v) is 6.82. The van der Waals surface area contributed by atoms with E-state index in [0.717, 1.165) is 18.2 Å². The number of hydrogen-bond acceptors (Lipinski definition) is 6. The van der Waals surface area contributed by atoms with Crippen molar-refractivity contribution in [1.82, 2.24) is 4.31 Å². The van der Waals surface area contributed by atoms with Gasteiger partial charge >= 0.3 is 5.97 Å². The van der Waals surface area contributed by atoms with Crippen LogP contribution in [0.25, 0.3) is 11.0 Å². The quantitative estimate of drug-likeness (QED) is 0.572. The van der Waals surface area contributed by atoms with E-state index in [1.54, 1.807) is 6.07 Å². The molecule has 4 rings (SSSR count). The number of fused-ring (bicyclic) bond motifs is 1. The molecule has 1 aromatic heterocycles. The zero-order valence-electron chi connectivity index (χ0n) is 16.0. The average molecular weight is 415 g/mol. The lowest BCUT2D eigenvalue weighted by atomic mass is 10.2. The Hall–Kier alpha value is -2.84. The Labute approximate surface area is 168 Å². The van der Waals surface area contributed by atoms with E-state index in [9.17, 15) is 13.2 Å². The predicted molar refractivity (Wildman–Crippen MR) is 106 cm³/mol. The lowest BCUT2D eigenvalue weighted by Crippen LogP contribution is -2.28. The molecular formula is C21H21NO6S. The molecule has 0 radical (unpaired) electrons. The molecule has 2 aromatic carbocycles. The Kier molecular flexibility index (Phi) is 5.29. The molecule has 8 heteroatoms. The molecule has 1 aliphatic heterocycles. The van der Waals surface area contributed by atoms with Crippen LogP contribution in [0.4, 0.5) is 0 Å². The zero-order valence-corrected chi connectivity index (χ0v) is 16.8. The Morgan fingerprint density at radius 3 is 2.59 bits per heavy atom. The molecule has 3 aromatic rings. The second-order valence-corrected chi connectivity index (χ2v) is 8.71. The van der Waals surface area contributed by atoms with Gasteiger partial charge in [0.05, 0.1) is 12.7 Å². The fourth-order valence-corrected chi connectivity index (χ4v) is 5.10. The van der Waals surface area contributed by atoms with Crippen molar-refractivity contribution in [2.45, 2.75) is 24.3 Å². The molecule has 152 valence electrons. The Morgan fingerprint density at radius 1 is 1.10 bits per heavy atom. The van der Waals surface area contributed by atoms with Gasteiger partial charge in [0, 0.05) is 18.5 Å². The lowest BCUT2D eigenvalue weighted by Gasteiger charge is -2.18. The van der Waals surface area contributed by atoms with E-state index in [2.05, 4.69) is 0 Å². The van der Waals surface area contributed by atoms with Crippen LogP contribution in [0.15, 0.2) is 57.8 Å². The molecule has 0 spiro atoms. The minimum absolute atomic E-state index is 0.0277. The molecule has 2 heterocycles. The second kappa shape index (κ2) is 7.88. The molecule has 1 saturated heterocycles. The fourth-order valence-electron chi connectivity index (χ4n) is 3.40. The molecule has 0 atom stereocenters. The summed E-state index contributed by atoms with van der Waals surface area (Å²) >= 11 is 0. The number of carbonyl (C=O) groups is 1. The van der Waals surface area contributed by atoms with E-state index < -0.39 is 16.0 Å². The molecule has 1 aliphatic rings. The highest BCUT2D eigenvalue weighted by atomic mass is 32.2. The van der Waals surface area contributed by atoms with Gasteiger partial charge in [0.15, 0.2) is 0 Å². The number of ether oxygens (including phenoxy) is 2.